The number of halogens is 1. The van der Waals surface area contributed by atoms with Crippen LogP contribution in [0.3, 0.4) is 0 Å². The number of nitrogens with zero attached hydrogens (tertiary/aromatic N) is 2. The van der Waals surface area contributed by atoms with E-state index in [4.69, 9.17) is 4.84 Å². The van der Waals surface area contributed by atoms with Crippen molar-refractivity contribution in [2.75, 3.05) is 11.6 Å². The van der Waals surface area contributed by atoms with Gasteiger partial charge in [-0.1, -0.05) is 47.5 Å². The van der Waals surface area contributed by atoms with Crippen molar-refractivity contribution in [3.63, 3.8) is 0 Å². The SMILES string of the molecule is CCCCN1C(=O)[C@H]2[C@H](ON(c3ccccc3)[C@H]2c2cc(Br)ccc2O)C1=O. The van der Waals surface area contributed by atoms with Gasteiger partial charge in [0.25, 0.3) is 5.91 Å². The van der Waals surface area contributed by atoms with E-state index >= 15 is 0 Å². The average Bonchev–Trinajstić information content (AvgIpc) is 3.20. The monoisotopic (exact) mass is 444 g/mol. The van der Waals surface area contributed by atoms with E-state index in [2.05, 4.69) is 15.9 Å². The van der Waals surface area contributed by atoms with E-state index in [0.717, 1.165) is 23.0 Å². The largest absolute Gasteiger partial charge is 0.508 e. The number of phenols is 1. The Morgan fingerprint density at radius 1 is 1.11 bits per heavy atom. The van der Waals surface area contributed by atoms with Gasteiger partial charge in [-0.3, -0.25) is 19.3 Å². The van der Waals surface area contributed by atoms with Crippen molar-refractivity contribution < 1.29 is 19.5 Å². The summed E-state index contributed by atoms with van der Waals surface area (Å²) in [6.07, 6.45) is 0.763. The van der Waals surface area contributed by atoms with Gasteiger partial charge in [0.1, 0.15) is 11.7 Å². The second-order valence-corrected chi connectivity index (χ2v) is 7.96. The summed E-state index contributed by atoms with van der Waals surface area (Å²) in [6, 6.07) is 13.8. The lowest BCUT2D eigenvalue weighted by molar-refractivity contribution is -0.143. The molecule has 6 nitrogen and oxygen atoms in total. The molecule has 28 heavy (non-hydrogen) atoms. The molecule has 0 unspecified atom stereocenters. The molecular weight excluding hydrogens is 424 g/mol. The number of carbonyl (C=O) groups excluding carboxylic acids is 2. The lowest BCUT2D eigenvalue weighted by Crippen LogP contribution is -2.37. The van der Waals surface area contributed by atoms with Crippen LogP contribution in [0.5, 0.6) is 5.75 Å². The number of aromatic hydroxyl groups is 1. The van der Waals surface area contributed by atoms with Gasteiger partial charge in [-0.25, -0.2) is 5.06 Å². The van der Waals surface area contributed by atoms with Crippen molar-refractivity contribution in [1.82, 2.24) is 4.90 Å². The molecular formula is C21H21BrN2O4. The van der Waals surface area contributed by atoms with Gasteiger partial charge in [0.15, 0.2) is 6.10 Å². The predicted octanol–water partition coefficient (Wildman–Crippen LogP) is 3.80. The first-order valence-corrected chi connectivity index (χ1v) is 10.2. The molecule has 7 heteroatoms. The fourth-order valence-corrected chi connectivity index (χ4v) is 4.26. The highest BCUT2D eigenvalue weighted by Crippen LogP contribution is 2.49. The number of phenolic OH excluding ortho intramolecular Hbond substituents is 1. The summed E-state index contributed by atoms with van der Waals surface area (Å²) < 4.78 is 0.774. The minimum atomic E-state index is -0.882. The molecule has 2 aromatic carbocycles. The Kier molecular flexibility index (Phi) is 5.12. The topological polar surface area (TPSA) is 70.1 Å². The summed E-state index contributed by atoms with van der Waals surface area (Å²) in [4.78, 5) is 33.4. The third-order valence-corrected chi connectivity index (χ3v) is 5.75. The van der Waals surface area contributed by atoms with Crippen molar-refractivity contribution >= 4 is 33.4 Å². The Bertz CT molecular complexity index is 905. The van der Waals surface area contributed by atoms with Crippen LogP contribution in [0.4, 0.5) is 5.69 Å². The van der Waals surface area contributed by atoms with Gasteiger partial charge in [-0.15, -0.1) is 0 Å². The molecule has 2 saturated heterocycles. The van der Waals surface area contributed by atoms with Gasteiger partial charge in [-0.05, 0) is 36.8 Å². The van der Waals surface area contributed by atoms with Gasteiger partial charge in [0.2, 0.25) is 5.91 Å². The van der Waals surface area contributed by atoms with Crippen LogP contribution in [0.25, 0.3) is 0 Å². The standard InChI is InChI=1S/C21H21BrN2O4/c1-2-3-11-23-20(26)17-18(15-12-13(22)9-10-16(15)25)24(28-19(17)21(23)27)14-7-5-4-6-8-14/h4-10,12,17-19,25H,2-3,11H2,1H3/t17-,18+,19+/m1/s1. The summed E-state index contributed by atoms with van der Waals surface area (Å²) >= 11 is 3.43. The molecule has 2 aromatic rings. The Morgan fingerprint density at radius 2 is 1.86 bits per heavy atom. The molecule has 1 N–H and O–H groups in total. The Labute approximate surface area is 171 Å². The van der Waals surface area contributed by atoms with Crippen molar-refractivity contribution in [3.8, 4) is 5.75 Å². The maximum absolute atomic E-state index is 13.2. The van der Waals surface area contributed by atoms with E-state index in [1.807, 2.05) is 37.3 Å². The summed E-state index contributed by atoms with van der Waals surface area (Å²) in [5, 5.41) is 12.1. The van der Waals surface area contributed by atoms with Gasteiger partial charge in [0.05, 0.1) is 11.7 Å². The molecule has 2 amide bonds. The van der Waals surface area contributed by atoms with Crippen molar-refractivity contribution in [3.05, 3.63) is 58.6 Å². The molecule has 0 spiro atoms. The molecule has 146 valence electrons. The predicted molar refractivity (Wildman–Crippen MR) is 107 cm³/mol. The smallest absolute Gasteiger partial charge is 0.261 e. The van der Waals surface area contributed by atoms with Gasteiger partial charge >= 0.3 is 0 Å². The van der Waals surface area contributed by atoms with E-state index in [-0.39, 0.29) is 17.6 Å². The molecule has 0 bridgehead atoms. The minimum Gasteiger partial charge on any atom is -0.508 e. The van der Waals surface area contributed by atoms with E-state index in [9.17, 15) is 14.7 Å². The first-order chi connectivity index (χ1) is 13.5. The summed E-state index contributed by atoms with van der Waals surface area (Å²) in [7, 11) is 0. The van der Waals surface area contributed by atoms with E-state index < -0.39 is 18.1 Å². The van der Waals surface area contributed by atoms with Crippen LogP contribution >= 0.6 is 15.9 Å². The van der Waals surface area contributed by atoms with Crippen molar-refractivity contribution in [1.29, 1.82) is 0 Å². The lowest BCUT2D eigenvalue weighted by atomic mass is 9.90. The number of hydrogen-bond acceptors (Lipinski definition) is 5. The molecule has 0 radical (unpaired) electrons. The van der Waals surface area contributed by atoms with Crippen LogP contribution in [-0.2, 0) is 14.4 Å². The van der Waals surface area contributed by atoms with E-state index in [0.29, 0.717) is 12.1 Å². The van der Waals surface area contributed by atoms with Crippen LogP contribution in [-0.4, -0.2) is 34.5 Å². The summed E-state index contributed by atoms with van der Waals surface area (Å²) in [6.45, 7) is 2.41. The molecule has 0 saturated carbocycles. The fraction of sp³-hybridized carbons (Fsp3) is 0.333. The normalized spacial score (nSPS) is 24.1. The van der Waals surface area contributed by atoms with E-state index in [1.54, 1.807) is 23.3 Å². The molecule has 2 fully saturated rings. The summed E-state index contributed by atoms with van der Waals surface area (Å²) in [5.74, 6) is -1.19. The molecule has 2 heterocycles. The molecule has 4 rings (SSSR count). The number of benzene rings is 2. The minimum absolute atomic E-state index is 0.0608. The number of likely N-dealkylation sites (tertiary alicyclic amines) is 1. The second kappa shape index (κ2) is 7.56. The second-order valence-electron chi connectivity index (χ2n) is 7.04. The zero-order valence-corrected chi connectivity index (χ0v) is 17.0. The van der Waals surface area contributed by atoms with Gasteiger partial charge in [0, 0.05) is 16.6 Å². The average molecular weight is 445 g/mol. The number of hydroxylamine groups is 1. The molecule has 2 aliphatic rings. The number of carbonyl (C=O) groups is 2. The van der Waals surface area contributed by atoms with Crippen LogP contribution in [0.15, 0.2) is 53.0 Å². The number of imide groups is 1. The Hall–Kier alpha value is -2.38. The number of rotatable bonds is 5. The molecule has 3 atom stereocenters. The molecule has 0 aliphatic carbocycles. The maximum atomic E-state index is 13.2. The zero-order valence-electron chi connectivity index (χ0n) is 15.4. The first-order valence-electron chi connectivity index (χ1n) is 9.37. The number of para-hydroxylation sites is 1. The summed E-state index contributed by atoms with van der Waals surface area (Å²) in [5.41, 5.74) is 1.27. The first kappa shape index (κ1) is 19.0. The molecule has 2 aliphatic heterocycles. The number of unbranched alkanes of at least 4 members (excludes halogenated alkanes) is 1. The number of amides is 2. The van der Waals surface area contributed by atoms with Gasteiger partial charge in [-0.2, -0.15) is 0 Å². The van der Waals surface area contributed by atoms with Crippen LogP contribution in [0.1, 0.15) is 31.4 Å². The van der Waals surface area contributed by atoms with Crippen LogP contribution < -0.4 is 5.06 Å². The van der Waals surface area contributed by atoms with Crippen molar-refractivity contribution in [2.45, 2.75) is 31.9 Å². The Morgan fingerprint density at radius 3 is 2.57 bits per heavy atom. The lowest BCUT2D eigenvalue weighted by Gasteiger charge is -2.29. The fourth-order valence-electron chi connectivity index (χ4n) is 3.89. The van der Waals surface area contributed by atoms with Crippen LogP contribution in [0, 0.1) is 5.92 Å². The zero-order chi connectivity index (χ0) is 19.8. The number of fused-ring (bicyclic) bond motifs is 1. The highest BCUT2D eigenvalue weighted by Gasteiger charge is 2.60. The Balaban J connectivity index is 1.79. The number of anilines is 1. The van der Waals surface area contributed by atoms with E-state index in [1.165, 1.54) is 4.90 Å². The quantitative estimate of drug-likeness (QED) is 0.710. The van der Waals surface area contributed by atoms with Gasteiger partial charge < -0.3 is 5.11 Å². The van der Waals surface area contributed by atoms with Crippen LogP contribution in [0.2, 0.25) is 0 Å². The highest BCUT2D eigenvalue weighted by molar-refractivity contribution is 9.10. The maximum Gasteiger partial charge on any atom is 0.261 e. The highest BCUT2D eigenvalue weighted by atomic mass is 79.9. The third kappa shape index (κ3) is 3.08. The van der Waals surface area contributed by atoms with Crippen molar-refractivity contribution in [2.24, 2.45) is 5.92 Å². The molecule has 0 aromatic heterocycles. The number of hydrogen-bond donors (Lipinski definition) is 1. The third-order valence-electron chi connectivity index (χ3n) is 5.26.